The highest BCUT2D eigenvalue weighted by atomic mass is 19.4. The molecule has 0 aromatic rings. The highest BCUT2D eigenvalue weighted by Gasteiger charge is 2.30. The number of nitrogens with one attached hydrogen (secondary N) is 1. The van der Waals surface area contributed by atoms with Gasteiger partial charge in [0.25, 0.3) is 0 Å². The minimum Gasteiger partial charge on any atom is -0.481 e. The predicted octanol–water partition coefficient (Wildman–Crippen LogP) is 2.09. The van der Waals surface area contributed by atoms with Crippen LogP contribution in [0.15, 0.2) is 0 Å². The number of amides is 1. The minimum atomic E-state index is -4.34. The van der Waals surface area contributed by atoms with Crippen molar-refractivity contribution >= 4 is 11.9 Å². The van der Waals surface area contributed by atoms with Crippen LogP contribution in [0.5, 0.6) is 0 Å². The van der Waals surface area contributed by atoms with Gasteiger partial charge in [-0.2, -0.15) is 13.2 Å². The molecule has 0 radical (unpaired) electrons. The standard InChI is InChI=1S/C11H16F3NO3/c12-11(13,14)5-4-9(16)15-8-3-1-2-7(6-8)10(17)18/h7-8H,1-6H2,(H,15,16)(H,17,18). The second kappa shape index (κ2) is 6.06. The number of carbonyl (C=O) groups is 2. The van der Waals surface area contributed by atoms with E-state index in [9.17, 15) is 22.8 Å². The van der Waals surface area contributed by atoms with E-state index in [1.165, 1.54) is 0 Å². The Morgan fingerprint density at radius 1 is 1.28 bits per heavy atom. The zero-order valence-electron chi connectivity index (χ0n) is 9.79. The molecule has 0 heterocycles. The Kier molecular flexibility index (Phi) is 4.98. The van der Waals surface area contributed by atoms with Crippen LogP contribution in [0.3, 0.4) is 0 Å². The van der Waals surface area contributed by atoms with Gasteiger partial charge in [-0.15, -0.1) is 0 Å². The van der Waals surface area contributed by atoms with Crippen molar-refractivity contribution in [3.05, 3.63) is 0 Å². The van der Waals surface area contributed by atoms with Crippen LogP contribution < -0.4 is 5.32 Å². The molecule has 7 heteroatoms. The molecule has 2 atom stereocenters. The molecule has 2 N–H and O–H groups in total. The molecule has 4 nitrogen and oxygen atoms in total. The van der Waals surface area contributed by atoms with Crippen LogP contribution in [0.4, 0.5) is 13.2 Å². The molecular formula is C11H16F3NO3. The van der Waals surface area contributed by atoms with Crippen LogP contribution in [-0.4, -0.2) is 29.2 Å². The fourth-order valence-electron chi connectivity index (χ4n) is 2.10. The fraction of sp³-hybridized carbons (Fsp3) is 0.818. The number of hydrogen-bond acceptors (Lipinski definition) is 2. The summed E-state index contributed by atoms with van der Waals surface area (Å²) in [7, 11) is 0. The Morgan fingerprint density at radius 2 is 1.94 bits per heavy atom. The third-order valence-corrected chi connectivity index (χ3v) is 3.02. The van der Waals surface area contributed by atoms with Gasteiger partial charge in [-0.25, -0.2) is 0 Å². The molecule has 0 spiro atoms. The van der Waals surface area contributed by atoms with Gasteiger partial charge in [-0.1, -0.05) is 6.42 Å². The molecule has 104 valence electrons. The molecule has 18 heavy (non-hydrogen) atoms. The first kappa shape index (κ1) is 14.8. The van der Waals surface area contributed by atoms with Crippen LogP contribution in [0.2, 0.25) is 0 Å². The number of alkyl halides is 3. The van der Waals surface area contributed by atoms with Gasteiger partial charge in [-0.3, -0.25) is 9.59 Å². The van der Waals surface area contributed by atoms with E-state index in [0.717, 1.165) is 0 Å². The summed E-state index contributed by atoms with van der Waals surface area (Å²) in [5, 5.41) is 11.3. The lowest BCUT2D eigenvalue weighted by atomic mass is 9.86. The van der Waals surface area contributed by atoms with E-state index in [-0.39, 0.29) is 6.04 Å². The largest absolute Gasteiger partial charge is 0.481 e. The number of carboxylic acids is 1. The number of carboxylic acid groups (broad SMARTS) is 1. The summed E-state index contributed by atoms with van der Waals surface area (Å²) in [6.07, 6.45) is -3.93. The van der Waals surface area contributed by atoms with Crippen LogP contribution in [-0.2, 0) is 9.59 Å². The summed E-state index contributed by atoms with van der Waals surface area (Å²) < 4.78 is 35.7. The van der Waals surface area contributed by atoms with Crippen molar-refractivity contribution in [3.8, 4) is 0 Å². The normalized spacial score (nSPS) is 24.6. The molecule has 0 bridgehead atoms. The van der Waals surface area contributed by atoms with Gasteiger partial charge in [0.2, 0.25) is 5.91 Å². The van der Waals surface area contributed by atoms with E-state index in [1.54, 1.807) is 0 Å². The molecule has 1 aliphatic rings. The van der Waals surface area contributed by atoms with Crippen molar-refractivity contribution in [3.63, 3.8) is 0 Å². The van der Waals surface area contributed by atoms with E-state index in [0.29, 0.717) is 25.7 Å². The maximum Gasteiger partial charge on any atom is 0.389 e. The van der Waals surface area contributed by atoms with Gasteiger partial charge < -0.3 is 10.4 Å². The molecule has 1 rings (SSSR count). The summed E-state index contributed by atoms with van der Waals surface area (Å²) in [6.45, 7) is 0. The smallest absolute Gasteiger partial charge is 0.389 e. The molecule has 0 aromatic carbocycles. The van der Waals surface area contributed by atoms with E-state index in [1.807, 2.05) is 0 Å². The van der Waals surface area contributed by atoms with E-state index in [4.69, 9.17) is 5.11 Å². The summed E-state index contributed by atoms with van der Waals surface area (Å²) in [5.74, 6) is -2.08. The van der Waals surface area contributed by atoms with Gasteiger partial charge in [0.05, 0.1) is 12.3 Å². The average molecular weight is 267 g/mol. The maximum absolute atomic E-state index is 11.9. The van der Waals surface area contributed by atoms with Crippen LogP contribution in [0.25, 0.3) is 0 Å². The Bertz CT molecular complexity index is 317. The van der Waals surface area contributed by atoms with Crippen molar-refractivity contribution in [2.24, 2.45) is 5.92 Å². The lowest BCUT2D eigenvalue weighted by Crippen LogP contribution is -2.40. The number of hydrogen-bond donors (Lipinski definition) is 2. The van der Waals surface area contributed by atoms with E-state index >= 15 is 0 Å². The number of carbonyl (C=O) groups excluding carboxylic acids is 1. The maximum atomic E-state index is 11.9. The molecule has 0 aromatic heterocycles. The second-order valence-corrected chi connectivity index (χ2v) is 4.58. The van der Waals surface area contributed by atoms with Crippen molar-refractivity contribution in [2.75, 3.05) is 0 Å². The molecule has 2 unspecified atom stereocenters. The monoisotopic (exact) mass is 267 g/mol. The van der Waals surface area contributed by atoms with Gasteiger partial charge in [0.15, 0.2) is 0 Å². The Hall–Kier alpha value is -1.27. The van der Waals surface area contributed by atoms with E-state index in [2.05, 4.69) is 5.32 Å². The van der Waals surface area contributed by atoms with E-state index < -0.39 is 36.8 Å². The Labute approximate surface area is 103 Å². The van der Waals surface area contributed by atoms with Crippen LogP contribution in [0, 0.1) is 5.92 Å². The van der Waals surface area contributed by atoms with Crippen molar-refractivity contribution in [1.29, 1.82) is 0 Å². The highest BCUT2D eigenvalue weighted by molar-refractivity contribution is 5.76. The van der Waals surface area contributed by atoms with Crippen LogP contribution >= 0.6 is 0 Å². The average Bonchev–Trinajstić information content (AvgIpc) is 2.26. The van der Waals surface area contributed by atoms with Gasteiger partial charge in [0.1, 0.15) is 0 Å². The fourth-order valence-corrected chi connectivity index (χ4v) is 2.10. The summed E-state index contributed by atoms with van der Waals surface area (Å²) in [6, 6.07) is -0.319. The quantitative estimate of drug-likeness (QED) is 0.819. The summed E-state index contributed by atoms with van der Waals surface area (Å²) >= 11 is 0. The lowest BCUT2D eigenvalue weighted by Gasteiger charge is -2.27. The first-order chi connectivity index (χ1) is 8.28. The molecule has 1 aliphatic carbocycles. The first-order valence-electron chi connectivity index (χ1n) is 5.87. The minimum absolute atomic E-state index is 0.299. The van der Waals surface area contributed by atoms with Gasteiger partial charge in [-0.05, 0) is 19.3 Å². The third kappa shape index (κ3) is 5.37. The molecular weight excluding hydrogens is 251 g/mol. The first-order valence-corrected chi connectivity index (χ1v) is 5.87. The SMILES string of the molecule is O=C(CCC(F)(F)F)NC1CCCC(C(=O)O)C1. The van der Waals surface area contributed by atoms with Gasteiger partial charge in [0, 0.05) is 12.5 Å². The molecule has 1 amide bonds. The van der Waals surface area contributed by atoms with Gasteiger partial charge >= 0.3 is 12.1 Å². The van der Waals surface area contributed by atoms with Crippen LogP contribution in [0.1, 0.15) is 38.5 Å². The number of aliphatic carboxylic acids is 1. The van der Waals surface area contributed by atoms with Crippen molar-refractivity contribution in [2.45, 2.75) is 50.7 Å². The lowest BCUT2D eigenvalue weighted by molar-refractivity contribution is -0.145. The second-order valence-electron chi connectivity index (χ2n) is 4.58. The number of rotatable bonds is 4. The van der Waals surface area contributed by atoms with Crippen molar-refractivity contribution < 1.29 is 27.9 Å². The third-order valence-electron chi connectivity index (χ3n) is 3.02. The molecule has 1 fully saturated rings. The number of halogens is 3. The molecule has 0 saturated heterocycles. The Balaban J connectivity index is 2.33. The zero-order chi connectivity index (χ0) is 13.8. The molecule has 1 saturated carbocycles. The molecule has 0 aliphatic heterocycles. The topological polar surface area (TPSA) is 66.4 Å². The predicted molar refractivity (Wildman–Crippen MR) is 56.8 cm³/mol. The van der Waals surface area contributed by atoms with Crippen molar-refractivity contribution in [1.82, 2.24) is 5.32 Å². The highest BCUT2D eigenvalue weighted by Crippen LogP contribution is 2.25. The summed E-state index contributed by atoms with van der Waals surface area (Å²) in [5.41, 5.74) is 0. The zero-order valence-corrected chi connectivity index (χ0v) is 9.79. The summed E-state index contributed by atoms with van der Waals surface area (Å²) in [4.78, 5) is 22.1. The Morgan fingerprint density at radius 3 is 2.50 bits per heavy atom.